The van der Waals surface area contributed by atoms with Gasteiger partial charge in [0.25, 0.3) is 5.69 Å². The number of ether oxygens (including phenoxy) is 1. The van der Waals surface area contributed by atoms with Crippen LogP contribution in [0.15, 0.2) is 120 Å². The summed E-state index contributed by atoms with van der Waals surface area (Å²) in [6, 6.07) is 14.5. The molecule has 37 heavy (non-hydrogen) atoms. The third kappa shape index (κ3) is 4.53. The van der Waals surface area contributed by atoms with E-state index in [9.17, 15) is 4.39 Å². The Morgan fingerprint density at radius 2 is 1.78 bits per heavy atom. The monoisotopic (exact) mass is 504 g/mol. The fourth-order valence-corrected chi connectivity index (χ4v) is 5.14. The van der Waals surface area contributed by atoms with Crippen LogP contribution in [0.2, 0.25) is 0 Å². The first kappa shape index (κ1) is 26.2. The molecule has 0 aromatic heterocycles. The van der Waals surface area contributed by atoms with Gasteiger partial charge in [-0.05, 0) is 38.0 Å². The van der Waals surface area contributed by atoms with Crippen LogP contribution in [0.4, 0.5) is 30.2 Å². The lowest BCUT2D eigenvalue weighted by molar-refractivity contribution is -0.381. The van der Waals surface area contributed by atoms with Crippen LogP contribution in [-0.2, 0) is 0 Å². The smallest absolute Gasteiger partial charge is 0.386 e. The van der Waals surface area contributed by atoms with Gasteiger partial charge in [-0.1, -0.05) is 37.3 Å². The minimum Gasteiger partial charge on any atom is -0.462 e. The minimum absolute atomic E-state index is 0.0586. The van der Waals surface area contributed by atoms with Crippen molar-refractivity contribution < 1.29 is 22.5 Å². The Morgan fingerprint density at radius 1 is 1.05 bits per heavy atom. The second-order valence-electron chi connectivity index (χ2n) is 8.74. The largest absolute Gasteiger partial charge is 0.462 e. The van der Waals surface area contributed by atoms with E-state index < -0.39 is 21.8 Å². The van der Waals surface area contributed by atoms with E-state index in [1.54, 1.807) is 37.3 Å². The van der Waals surface area contributed by atoms with Gasteiger partial charge in [0.05, 0.1) is 6.33 Å². The predicted octanol–water partition coefficient (Wildman–Crippen LogP) is 9.48. The summed E-state index contributed by atoms with van der Waals surface area (Å²) in [7, 11) is 0. The molecule has 0 fully saturated rings. The van der Waals surface area contributed by atoms with E-state index in [2.05, 4.69) is 19.6 Å². The van der Waals surface area contributed by atoms with Crippen molar-refractivity contribution in [2.24, 2.45) is 0 Å². The Bertz CT molecular complexity index is 1390. The highest BCUT2D eigenvalue weighted by atomic mass is 19.1. The van der Waals surface area contributed by atoms with Crippen LogP contribution in [0, 0.1) is 0 Å². The quantitative estimate of drug-likeness (QED) is 0.208. The van der Waals surface area contributed by atoms with E-state index in [0.29, 0.717) is 29.0 Å². The molecule has 2 aromatic carbocycles. The Labute approximate surface area is 216 Å². The van der Waals surface area contributed by atoms with E-state index in [1.807, 2.05) is 48.1 Å². The van der Waals surface area contributed by atoms with Gasteiger partial charge in [-0.25, -0.2) is 13.2 Å². The van der Waals surface area contributed by atoms with Crippen LogP contribution in [0.5, 0.6) is 5.75 Å². The Hall–Kier alpha value is -3.90. The second-order valence-corrected chi connectivity index (χ2v) is 8.74. The molecular formula is C31H31F3N2O+2. The fraction of sp³-hybridized carbons (Fsp3) is 0.194. The molecule has 3 nitrogen and oxygen atoms in total. The Kier molecular flexibility index (Phi) is 7.79. The number of hydrogen-bond acceptors (Lipinski definition) is 1. The number of hydrogen-bond donors (Lipinski definition) is 0. The molecule has 0 amide bonds. The molecular weight excluding hydrogens is 473 g/mol. The van der Waals surface area contributed by atoms with Gasteiger partial charge in [-0.2, -0.15) is 0 Å². The predicted molar refractivity (Wildman–Crippen MR) is 145 cm³/mol. The van der Waals surface area contributed by atoms with Crippen molar-refractivity contribution in [1.29, 1.82) is 0 Å². The highest BCUT2D eigenvalue weighted by Crippen LogP contribution is 2.56. The summed E-state index contributed by atoms with van der Waals surface area (Å²) in [5.41, 5.74) is 2.87. The lowest BCUT2D eigenvalue weighted by Crippen LogP contribution is -2.42. The van der Waals surface area contributed by atoms with Gasteiger partial charge >= 0.3 is 5.82 Å². The third-order valence-corrected chi connectivity index (χ3v) is 6.76. The van der Waals surface area contributed by atoms with Crippen molar-refractivity contribution in [2.45, 2.75) is 40.0 Å². The van der Waals surface area contributed by atoms with E-state index >= 15 is 8.78 Å². The maximum Gasteiger partial charge on any atom is 0.386 e. The molecule has 2 aromatic rings. The molecule has 0 N–H and O–H groups in total. The highest BCUT2D eigenvalue weighted by molar-refractivity contribution is 5.81. The lowest BCUT2D eigenvalue weighted by Gasteiger charge is -2.30. The fourth-order valence-electron chi connectivity index (χ4n) is 5.14. The molecule has 1 heterocycles. The number of halogens is 3. The minimum atomic E-state index is -1.06. The standard InChI is InChI=1S/C31H31F3N2O/c1-5-23-12-16-25(17-13-23)37-26-18-14-24(15-19-26)36(31(22(4)33)27(34)20-21-32)29-11-9-8-10-28(29)35(7-3)30(36)6-2/h6-12,14-16,18-21H,4-5,13,17H2,1-3H3/q+2/b21-20+,30-6+,31-27-,35-7-. The van der Waals surface area contributed by atoms with Crippen LogP contribution < -0.4 is 9.22 Å². The first-order valence-corrected chi connectivity index (χ1v) is 12.4. The zero-order valence-corrected chi connectivity index (χ0v) is 21.3. The number of quaternary nitrogens is 1. The molecule has 0 spiro atoms. The van der Waals surface area contributed by atoms with Crippen LogP contribution in [0.25, 0.3) is 0 Å². The zero-order valence-electron chi connectivity index (χ0n) is 21.3. The second kappa shape index (κ2) is 11.0. The van der Waals surface area contributed by atoms with Gasteiger partial charge in [-0.15, -0.1) is 9.06 Å². The number of fused-ring (bicyclic) bond motifs is 1. The van der Waals surface area contributed by atoms with Crippen molar-refractivity contribution in [2.75, 3.05) is 0 Å². The number of allylic oxidation sites excluding steroid dienone is 8. The summed E-state index contributed by atoms with van der Waals surface area (Å²) >= 11 is 0. The molecule has 1 aliphatic heterocycles. The van der Waals surface area contributed by atoms with Gasteiger partial charge in [-0.3, -0.25) is 0 Å². The van der Waals surface area contributed by atoms with Crippen molar-refractivity contribution in [3.8, 4) is 5.75 Å². The van der Waals surface area contributed by atoms with Gasteiger partial charge < -0.3 is 4.74 Å². The maximum absolute atomic E-state index is 15.5. The molecule has 2 aliphatic rings. The maximum atomic E-state index is 15.5. The molecule has 190 valence electrons. The van der Waals surface area contributed by atoms with Crippen LogP contribution >= 0.6 is 0 Å². The average molecular weight is 505 g/mol. The van der Waals surface area contributed by atoms with E-state index in [1.165, 1.54) is 5.57 Å². The third-order valence-electron chi connectivity index (χ3n) is 6.76. The highest BCUT2D eigenvalue weighted by Gasteiger charge is 2.60. The summed E-state index contributed by atoms with van der Waals surface area (Å²) in [5.74, 6) is -0.0372. The topological polar surface area (TPSA) is 12.2 Å². The normalized spacial score (nSPS) is 22.1. The summed E-state index contributed by atoms with van der Waals surface area (Å²) in [6.07, 6.45) is 11.2. The Balaban J connectivity index is 1.94. The van der Waals surface area contributed by atoms with Gasteiger partial charge in [0, 0.05) is 49.8 Å². The van der Waals surface area contributed by atoms with E-state index in [0.717, 1.165) is 30.7 Å². The van der Waals surface area contributed by atoms with Gasteiger partial charge in [0.15, 0.2) is 23.6 Å². The Morgan fingerprint density at radius 3 is 2.35 bits per heavy atom. The molecule has 1 aliphatic carbocycles. The molecule has 0 saturated heterocycles. The molecule has 0 saturated carbocycles. The number of nitrogens with zero attached hydrogens (tertiary/aromatic N) is 2. The summed E-state index contributed by atoms with van der Waals surface area (Å²) in [4.78, 5) is 0. The molecule has 4 rings (SSSR count). The average Bonchev–Trinajstić information content (AvgIpc) is 3.19. The van der Waals surface area contributed by atoms with Crippen LogP contribution in [-0.4, -0.2) is 10.8 Å². The van der Waals surface area contributed by atoms with Crippen LogP contribution in [0.1, 0.15) is 40.0 Å². The van der Waals surface area contributed by atoms with Crippen LogP contribution in [0.3, 0.4) is 0 Å². The first-order chi connectivity index (χ1) is 17.9. The summed E-state index contributed by atoms with van der Waals surface area (Å²) < 4.78 is 51.4. The number of para-hydroxylation sites is 2. The number of benzene rings is 2. The molecule has 0 radical (unpaired) electrons. The SMILES string of the molecule is C=C(F)/C(=C(F)\C=C\F)[N+]1(c2ccc(OC3=CC=C(CC)CC3)cc2)C(=C/C)/[N+](=C\C)c2ccccc21. The molecule has 1 atom stereocenters. The van der Waals surface area contributed by atoms with Crippen molar-refractivity contribution in [1.82, 2.24) is 4.48 Å². The molecule has 1 unspecified atom stereocenters. The first-order valence-electron chi connectivity index (χ1n) is 12.4. The zero-order chi connectivity index (χ0) is 26.6. The van der Waals surface area contributed by atoms with Gasteiger partial charge in [0.1, 0.15) is 11.5 Å². The van der Waals surface area contributed by atoms with Crippen molar-refractivity contribution >= 4 is 23.3 Å². The summed E-state index contributed by atoms with van der Waals surface area (Å²) in [5, 5.41) is 0. The van der Waals surface area contributed by atoms with E-state index in [-0.39, 0.29) is 6.33 Å². The van der Waals surface area contributed by atoms with Crippen molar-refractivity contribution in [3.63, 3.8) is 0 Å². The molecule has 6 heteroatoms. The number of rotatable bonds is 7. The van der Waals surface area contributed by atoms with E-state index in [4.69, 9.17) is 4.74 Å². The van der Waals surface area contributed by atoms with Gasteiger partial charge in [0.2, 0.25) is 11.4 Å². The molecule has 0 bridgehead atoms. The lowest BCUT2D eigenvalue weighted by atomic mass is 10.0. The summed E-state index contributed by atoms with van der Waals surface area (Å²) in [6.45, 7) is 9.23. The van der Waals surface area contributed by atoms with Crippen molar-refractivity contribution in [3.05, 3.63) is 120 Å².